The molecule has 0 aromatic heterocycles. The number of rotatable bonds is 0. The van der Waals surface area contributed by atoms with Crippen molar-refractivity contribution in [2.75, 3.05) is 0 Å². The monoisotopic (exact) mass is 158 g/mol. The van der Waals surface area contributed by atoms with E-state index in [-0.39, 0.29) is 0 Å². The number of nitriles is 1. The molecule has 0 N–H and O–H groups in total. The molecule has 0 radical (unpaired) electrons. The lowest BCUT2D eigenvalue weighted by Crippen LogP contribution is -1.80. The van der Waals surface area contributed by atoms with Crippen LogP contribution in [0.3, 0.4) is 0 Å². The molecule has 2 heteroatoms. The van der Waals surface area contributed by atoms with Crippen molar-refractivity contribution >= 4 is 17.8 Å². The maximum atomic E-state index is 8.69. The van der Waals surface area contributed by atoms with Gasteiger partial charge in [-0.15, -0.1) is 0 Å². The zero-order valence-corrected chi connectivity index (χ0v) is 6.48. The molecule has 0 saturated heterocycles. The Morgan fingerprint density at radius 1 is 1.45 bits per heavy atom. The van der Waals surface area contributed by atoms with E-state index in [2.05, 4.69) is 11.5 Å². The van der Waals surface area contributed by atoms with Crippen LogP contribution in [0.5, 0.6) is 0 Å². The molecule has 0 fully saturated rings. The van der Waals surface area contributed by atoms with Crippen LogP contribution >= 0.6 is 11.8 Å². The first-order chi connectivity index (χ1) is 5.42. The summed E-state index contributed by atoms with van der Waals surface area (Å²) < 4.78 is 0. The average Bonchev–Trinajstić information content (AvgIpc) is 2.50. The van der Waals surface area contributed by atoms with Gasteiger partial charge in [0, 0.05) is 0 Å². The van der Waals surface area contributed by atoms with E-state index in [0.29, 0.717) is 0 Å². The van der Waals surface area contributed by atoms with Crippen LogP contribution in [-0.4, -0.2) is 0 Å². The summed E-state index contributed by atoms with van der Waals surface area (Å²) in [7, 11) is 0. The first-order valence-electron chi connectivity index (χ1n) is 3.20. The summed E-state index contributed by atoms with van der Waals surface area (Å²) in [6, 6.07) is 7.86. The van der Waals surface area contributed by atoms with E-state index in [1.165, 1.54) is 0 Å². The van der Waals surface area contributed by atoms with E-state index >= 15 is 0 Å². The first kappa shape index (κ1) is 6.42. The summed E-state index contributed by atoms with van der Waals surface area (Å²) >= 11 is 1.54. The third-order valence-electron chi connectivity index (χ3n) is 1.56. The van der Waals surface area contributed by atoms with Crippen molar-refractivity contribution < 1.29 is 0 Å². The SMILES string of the molecule is N#Cc1cccc2c1C=[C+]S2. The molecule has 1 aromatic carbocycles. The predicted molar refractivity (Wildman–Crippen MR) is 44.7 cm³/mol. The Morgan fingerprint density at radius 3 is 3.18 bits per heavy atom. The van der Waals surface area contributed by atoms with Gasteiger partial charge in [0.2, 0.25) is 0 Å². The second-order valence-corrected chi connectivity index (χ2v) is 3.07. The van der Waals surface area contributed by atoms with Gasteiger partial charge in [0.05, 0.1) is 11.8 Å². The second-order valence-electron chi connectivity index (χ2n) is 2.19. The van der Waals surface area contributed by atoms with Gasteiger partial charge in [-0.1, -0.05) is 6.07 Å². The van der Waals surface area contributed by atoms with Crippen LogP contribution < -0.4 is 0 Å². The topological polar surface area (TPSA) is 23.8 Å². The quantitative estimate of drug-likeness (QED) is 0.541. The van der Waals surface area contributed by atoms with E-state index in [1.807, 2.05) is 24.3 Å². The van der Waals surface area contributed by atoms with Crippen LogP contribution in [0, 0.1) is 16.7 Å². The minimum Gasteiger partial charge on any atom is -0.190 e. The summed E-state index contributed by atoms with van der Waals surface area (Å²) in [5.74, 6) is 0. The van der Waals surface area contributed by atoms with Gasteiger partial charge >= 0.3 is 0 Å². The van der Waals surface area contributed by atoms with E-state index in [1.54, 1.807) is 11.8 Å². The fraction of sp³-hybridized carbons (Fsp3) is 0. The molecule has 0 spiro atoms. The summed E-state index contributed by atoms with van der Waals surface area (Å²) in [5.41, 5.74) is 1.75. The fourth-order valence-corrected chi connectivity index (χ4v) is 1.76. The molecule has 50 valence electrons. The van der Waals surface area contributed by atoms with Crippen molar-refractivity contribution in [3.63, 3.8) is 0 Å². The first-order valence-corrected chi connectivity index (χ1v) is 4.02. The van der Waals surface area contributed by atoms with Gasteiger partial charge in [0.1, 0.15) is 27.5 Å². The van der Waals surface area contributed by atoms with Gasteiger partial charge < -0.3 is 0 Å². The lowest BCUT2D eigenvalue weighted by molar-refractivity contribution is 1.39. The van der Waals surface area contributed by atoms with Crippen molar-refractivity contribution in [1.29, 1.82) is 5.26 Å². The van der Waals surface area contributed by atoms with Gasteiger partial charge in [-0.3, -0.25) is 0 Å². The number of benzene rings is 1. The highest BCUT2D eigenvalue weighted by atomic mass is 32.2. The lowest BCUT2D eigenvalue weighted by Gasteiger charge is -1.87. The average molecular weight is 158 g/mol. The minimum atomic E-state index is 0.736. The number of hydrogen-bond acceptors (Lipinski definition) is 2. The predicted octanol–water partition coefficient (Wildman–Crippen LogP) is 2.44. The van der Waals surface area contributed by atoms with Crippen molar-refractivity contribution in [3.8, 4) is 6.07 Å². The standard InChI is InChI=1S/C9H4NS/c10-6-7-2-1-3-9-8(7)4-5-11-9/h1-4H/q+1. The molecule has 0 aliphatic carbocycles. The normalized spacial score (nSPS) is 11.9. The molecule has 0 amide bonds. The molecule has 11 heavy (non-hydrogen) atoms. The molecule has 1 heterocycles. The summed E-state index contributed by atoms with van der Waals surface area (Å²) in [6.45, 7) is 0. The molecule has 2 rings (SSSR count). The molecule has 0 unspecified atom stereocenters. The van der Waals surface area contributed by atoms with E-state index in [0.717, 1.165) is 16.0 Å². The Morgan fingerprint density at radius 2 is 2.36 bits per heavy atom. The Hall–Kier alpha value is -1.29. The molecule has 1 aromatic rings. The van der Waals surface area contributed by atoms with Crippen LogP contribution in [-0.2, 0) is 0 Å². The van der Waals surface area contributed by atoms with E-state index in [9.17, 15) is 0 Å². The molecule has 1 aliphatic heterocycles. The number of nitrogens with zero attached hydrogens (tertiary/aromatic N) is 1. The highest BCUT2D eigenvalue weighted by Crippen LogP contribution is 2.32. The van der Waals surface area contributed by atoms with Crippen LogP contribution in [0.1, 0.15) is 11.1 Å². The van der Waals surface area contributed by atoms with Crippen LogP contribution in [0.25, 0.3) is 6.08 Å². The van der Waals surface area contributed by atoms with Crippen molar-refractivity contribution in [2.24, 2.45) is 0 Å². The molecule has 1 aliphatic rings. The van der Waals surface area contributed by atoms with Gasteiger partial charge in [-0.25, -0.2) is 0 Å². The van der Waals surface area contributed by atoms with Crippen molar-refractivity contribution in [3.05, 3.63) is 34.7 Å². The maximum absolute atomic E-state index is 8.69. The zero-order chi connectivity index (χ0) is 7.68. The second kappa shape index (κ2) is 2.39. The van der Waals surface area contributed by atoms with Crippen LogP contribution in [0.2, 0.25) is 0 Å². The lowest BCUT2D eigenvalue weighted by atomic mass is 10.1. The molecule has 0 saturated carbocycles. The largest absolute Gasteiger partial charge is 0.190 e. The van der Waals surface area contributed by atoms with Crippen LogP contribution in [0.4, 0.5) is 0 Å². The van der Waals surface area contributed by atoms with Gasteiger partial charge in [0.15, 0.2) is 6.08 Å². The Bertz CT molecular complexity index is 360. The smallest absolute Gasteiger partial charge is 0.178 e. The Balaban J connectivity index is 2.69. The zero-order valence-electron chi connectivity index (χ0n) is 5.66. The van der Waals surface area contributed by atoms with Gasteiger partial charge in [0.25, 0.3) is 0 Å². The summed E-state index contributed by atoms with van der Waals surface area (Å²) in [6.07, 6.45) is 1.86. The molecular formula is C9H4NS+. The van der Waals surface area contributed by atoms with Gasteiger partial charge in [-0.05, 0) is 12.1 Å². The van der Waals surface area contributed by atoms with E-state index < -0.39 is 0 Å². The highest BCUT2D eigenvalue weighted by molar-refractivity contribution is 8.01. The number of hydrogen-bond donors (Lipinski definition) is 0. The van der Waals surface area contributed by atoms with E-state index in [4.69, 9.17) is 5.26 Å². The number of fused-ring (bicyclic) bond motifs is 1. The third kappa shape index (κ3) is 0.914. The van der Waals surface area contributed by atoms with Gasteiger partial charge in [-0.2, -0.15) is 5.26 Å². The third-order valence-corrected chi connectivity index (χ3v) is 2.37. The molecular weight excluding hydrogens is 154 g/mol. The number of thioether (sulfide) groups is 1. The fourth-order valence-electron chi connectivity index (χ4n) is 1.03. The maximum Gasteiger partial charge on any atom is 0.178 e. The summed E-state index contributed by atoms with van der Waals surface area (Å²) in [4.78, 5) is 1.13. The molecule has 0 atom stereocenters. The summed E-state index contributed by atoms with van der Waals surface area (Å²) in [5, 5.41) is 11.7. The Labute approximate surface area is 69.3 Å². The Kier molecular flexibility index (Phi) is 1.40. The van der Waals surface area contributed by atoms with Crippen molar-refractivity contribution in [2.45, 2.75) is 4.90 Å². The van der Waals surface area contributed by atoms with Crippen LogP contribution in [0.15, 0.2) is 23.1 Å². The molecule has 0 bridgehead atoms. The highest BCUT2D eigenvalue weighted by Gasteiger charge is 2.21. The molecule has 1 nitrogen and oxygen atoms in total. The minimum absolute atomic E-state index is 0.736. The van der Waals surface area contributed by atoms with Crippen molar-refractivity contribution in [1.82, 2.24) is 0 Å².